The summed E-state index contributed by atoms with van der Waals surface area (Å²) >= 11 is 0. The van der Waals surface area contributed by atoms with Gasteiger partial charge in [0.1, 0.15) is 5.75 Å². The number of likely N-dealkylation sites (tertiary alicyclic amines) is 1. The molecular formula is C24H41N3O2. The van der Waals surface area contributed by atoms with Gasteiger partial charge in [0.05, 0.1) is 12.6 Å². The topological polar surface area (TPSA) is 44.8 Å². The Bertz CT molecular complexity index is 564. The van der Waals surface area contributed by atoms with Crippen LogP contribution in [0, 0.1) is 0 Å². The fourth-order valence-electron chi connectivity index (χ4n) is 3.94. The van der Waals surface area contributed by atoms with Gasteiger partial charge in [-0.2, -0.15) is 0 Å². The maximum absolute atomic E-state index is 12.5. The first-order valence-corrected chi connectivity index (χ1v) is 11.6. The van der Waals surface area contributed by atoms with Crippen molar-refractivity contribution in [2.45, 2.75) is 71.9 Å². The van der Waals surface area contributed by atoms with Gasteiger partial charge in [-0.15, -0.1) is 0 Å². The molecule has 5 nitrogen and oxygen atoms in total. The van der Waals surface area contributed by atoms with Crippen LogP contribution in [0.15, 0.2) is 24.3 Å². The zero-order valence-corrected chi connectivity index (χ0v) is 18.8. The van der Waals surface area contributed by atoms with Crippen molar-refractivity contribution in [3.63, 3.8) is 0 Å². The number of ether oxygens (including phenoxy) is 1. The minimum Gasteiger partial charge on any atom is -0.494 e. The molecule has 1 aromatic carbocycles. The van der Waals surface area contributed by atoms with Crippen LogP contribution in [0.5, 0.6) is 5.75 Å². The summed E-state index contributed by atoms with van der Waals surface area (Å²) < 4.78 is 5.88. The van der Waals surface area contributed by atoms with Crippen LogP contribution in [0.1, 0.15) is 64.9 Å². The zero-order chi connectivity index (χ0) is 20.9. The van der Waals surface area contributed by atoms with E-state index in [2.05, 4.69) is 29.0 Å². The van der Waals surface area contributed by atoms with E-state index in [0.717, 1.165) is 56.8 Å². The fourth-order valence-corrected chi connectivity index (χ4v) is 3.94. The predicted molar refractivity (Wildman–Crippen MR) is 120 cm³/mol. The van der Waals surface area contributed by atoms with E-state index in [-0.39, 0.29) is 11.9 Å². The van der Waals surface area contributed by atoms with Crippen molar-refractivity contribution < 1.29 is 9.53 Å². The lowest BCUT2D eigenvalue weighted by atomic mass is 10.1. The highest BCUT2D eigenvalue weighted by molar-refractivity contribution is 5.81. The number of carbonyl (C=O) groups is 1. The van der Waals surface area contributed by atoms with E-state index in [1.807, 2.05) is 31.2 Å². The van der Waals surface area contributed by atoms with Crippen LogP contribution in [0.2, 0.25) is 0 Å². The van der Waals surface area contributed by atoms with Gasteiger partial charge in [-0.3, -0.25) is 9.69 Å². The molecule has 29 heavy (non-hydrogen) atoms. The van der Waals surface area contributed by atoms with Crippen LogP contribution in [-0.4, -0.2) is 61.1 Å². The second-order valence-corrected chi connectivity index (χ2v) is 8.18. The molecule has 164 valence electrons. The van der Waals surface area contributed by atoms with Crippen molar-refractivity contribution in [1.82, 2.24) is 15.1 Å². The summed E-state index contributed by atoms with van der Waals surface area (Å²) in [4.78, 5) is 17.3. The highest BCUT2D eigenvalue weighted by Crippen LogP contribution is 2.13. The third-order valence-corrected chi connectivity index (χ3v) is 5.67. The van der Waals surface area contributed by atoms with Gasteiger partial charge in [0, 0.05) is 13.1 Å². The molecule has 0 radical (unpaired) electrons. The molecule has 0 bridgehead atoms. The second kappa shape index (κ2) is 13.6. The molecule has 0 saturated carbocycles. The number of piperidine rings is 1. The number of amides is 1. The van der Waals surface area contributed by atoms with Gasteiger partial charge in [0.25, 0.3) is 0 Å². The van der Waals surface area contributed by atoms with Crippen LogP contribution in [0.3, 0.4) is 0 Å². The number of nitrogens with one attached hydrogen (secondary N) is 1. The van der Waals surface area contributed by atoms with E-state index < -0.39 is 0 Å². The molecule has 0 spiro atoms. The van der Waals surface area contributed by atoms with Gasteiger partial charge in [0.15, 0.2) is 0 Å². The second-order valence-electron chi connectivity index (χ2n) is 8.18. The lowest BCUT2D eigenvalue weighted by Gasteiger charge is -2.27. The summed E-state index contributed by atoms with van der Waals surface area (Å²) in [6, 6.07) is 8.01. The maximum atomic E-state index is 12.5. The molecule has 1 unspecified atom stereocenters. The summed E-state index contributed by atoms with van der Waals surface area (Å²) in [5.74, 6) is 1.01. The largest absolute Gasteiger partial charge is 0.494 e. The molecule has 0 aromatic heterocycles. The molecule has 1 N–H and O–H groups in total. The van der Waals surface area contributed by atoms with Gasteiger partial charge in [0.2, 0.25) is 5.91 Å². The first-order valence-electron chi connectivity index (χ1n) is 11.6. The molecule has 1 aromatic rings. The van der Waals surface area contributed by atoms with Gasteiger partial charge in [-0.1, -0.05) is 32.4 Å². The Morgan fingerprint density at radius 2 is 1.76 bits per heavy atom. The van der Waals surface area contributed by atoms with Crippen LogP contribution >= 0.6 is 0 Å². The monoisotopic (exact) mass is 403 g/mol. The summed E-state index contributed by atoms with van der Waals surface area (Å²) in [6.45, 7) is 13.2. The Morgan fingerprint density at radius 3 is 2.38 bits per heavy atom. The molecule has 2 rings (SSSR count). The van der Waals surface area contributed by atoms with Crippen LogP contribution < -0.4 is 10.1 Å². The zero-order valence-electron chi connectivity index (χ0n) is 18.8. The van der Waals surface area contributed by atoms with Crippen molar-refractivity contribution in [3.05, 3.63) is 29.8 Å². The van der Waals surface area contributed by atoms with Crippen LogP contribution in [0.25, 0.3) is 0 Å². The summed E-state index contributed by atoms with van der Waals surface area (Å²) in [6.07, 6.45) is 7.27. The number of nitrogens with zero attached hydrogens (tertiary/aromatic N) is 2. The number of hydrogen-bond acceptors (Lipinski definition) is 4. The van der Waals surface area contributed by atoms with E-state index in [1.54, 1.807) is 0 Å². The molecule has 0 aliphatic carbocycles. The number of carbonyl (C=O) groups excluding carboxylic acids is 1. The van der Waals surface area contributed by atoms with Gasteiger partial charge >= 0.3 is 0 Å². The molecule has 1 saturated heterocycles. The number of rotatable bonds is 13. The van der Waals surface area contributed by atoms with E-state index in [4.69, 9.17) is 4.74 Å². The van der Waals surface area contributed by atoms with E-state index in [1.165, 1.54) is 32.4 Å². The quantitative estimate of drug-likeness (QED) is 0.504. The van der Waals surface area contributed by atoms with E-state index in [9.17, 15) is 4.79 Å². The average Bonchev–Trinajstić information content (AvgIpc) is 2.76. The average molecular weight is 404 g/mol. The number of hydrogen-bond donors (Lipinski definition) is 1. The Balaban J connectivity index is 1.67. The third kappa shape index (κ3) is 8.75. The first-order chi connectivity index (χ1) is 14.1. The molecular weight excluding hydrogens is 362 g/mol. The third-order valence-electron chi connectivity index (χ3n) is 5.67. The molecule has 5 heteroatoms. The molecule has 1 atom stereocenters. The molecule has 1 heterocycles. The Morgan fingerprint density at radius 1 is 1.10 bits per heavy atom. The minimum absolute atomic E-state index is 0.0857. The fraction of sp³-hybridized carbons (Fsp3) is 0.708. The predicted octanol–water partition coefficient (Wildman–Crippen LogP) is 4.07. The highest BCUT2D eigenvalue weighted by Gasteiger charge is 2.19. The minimum atomic E-state index is -0.0857. The molecule has 1 amide bonds. The van der Waals surface area contributed by atoms with Crippen molar-refractivity contribution in [3.8, 4) is 5.75 Å². The van der Waals surface area contributed by atoms with Crippen molar-refractivity contribution >= 4 is 5.91 Å². The summed E-state index contributed by atoms with van der Waals surface area (Å²) in [5, 5.41) is 3.08. The van der Waals surface area contributed by atoms with Crippen LogP contribution in [0.4, 0.5) is 0 Å². The van der Waals surface area contributed by atoms with Gasteiger partial charge < -0.3 is 15.0 Å². The maximum Gasteiger partial charge on any atom is 0.237 e. The van der Waals surface area contributed by atoms with Crippen LogP contribution in [-0.2, 0) is 11.3 Å². The van der Waals surface area contributed by atoms with E-state index >= 15 is 0 Å². The number of benzene rings is 1. The van der Waals surface area contributed by atoms with Gasteiger partial charge in [-0.25, -0.2) is 0 Å². The summed E-state index contributed by atoms with van der Waals surface area (Å²) in [5.41, 5.74) is 1.10. The lowest BCUT2D eigenvalue weighted by molar-refractivity contribution is -0.126. The Labute approximate surface area is 177 Å². The lowest BCUT2D eigenvalue weighted by Crippen LogP contribution is -2.45. The van der Waals surface area contributed by atoms with Gasteiger partial charge in [-0.05, 0) is 82.9 Å². The van der Waals surface area contributed by atoms with E-state index in [0.29, 0.717) is 6.54 Å². The summed E-state index contributed by atoms with van der Waals surface area (Å²) in [7, 11) is 0. The standard InChI is InChI=1S/C24H41N3O2/c1-4-14-27(15-5-2)21(3)24(28)25-20-22-10-12-23(13-11-22)29-19-9-18-26-16-7-6-8-17-26/h10-13,21H,4-9,14-20H2,1-3H3,(H,25,28). The Kier molecular flexibility index (Phi) is 11.1. The van der Waals surface area contributed by atoms with Crippen molar-refractivity contribution in [2.24, 2.45) is 0 Å². The van der Waals surface area contributed by atoms with Crippen molar-refractivity contribution in [2.75, 3.05) is 39.3 Å². The SMILES string of the molecule is CCCN(CCC)C(C)C(=O)NCc1ccc(OCCCN2CCCCC2)cc1. The Hall–Kier alpha value is -1.59. The molecule has 1 aliphatic rings. The normalized spacial score (nSPS) is 16.0. The van der Waals surface area contributed by atoms with Crippen molar-refractivity contribution in [1.29, 1.82) is 0 Å². The molecule has 1 fully saturated rings. The highest BCUT2D eigenvalue weighted by atomic mass is 16.5. The molecule has 1 aliphatic heterocycles. The first kappa shape index (κ1) is 23.7. The smallest absolute Gasteiger partial charge is 0.237 e.